The summed E-state index contributed by atoms with van der Waals surface area (Å²) in [6.07, 6.45) is 2.10. The highest BCUT2D eigenvalue weighted by Gasteiger charge is 2.27. The summed E-state index contributed by atoms with van der Waals surface area (Å²) in [4.78, 5) is 15.3. The molecule has 0 saturated carbocycles. The first-order valence-corrected chi connectivity index (χ1v) is 21.8. The summed E-state index contributed by atoms with van der Waals surface area (Å²) in [5.74, 6) is 2.31. The standard InChI is InChI=1S/C54H35N3S2/c1-4-13-33(14-5-1)38-26-27-41-40(28-30-49-50(41)42-19-10-11-21-46(42)58-49)44-31-36(23-25-39(38)44)37-24-29-47-45(32-37)51-43(20-12-22-48(51)59-47)54-56-52(34-15-6-2-7-16-34)55-53(57-54)35-17-8-3-9-18-35/h1-25,28-32,38H,26-27H2. The lowest BCUT2D eigenvalue weighted by Crippen LogP contribution is -2.02. The van der Waals surface area contributed by atoms with Gasteiger partial charge >= 0.3 is 0 Å². The van der Waals surface area contributed by atoms with Gasteiger partial charge in [0, 0.05) is 63.0 Å². The zero-order valence-electron chi connectivity index (χ0n) is 32.0. The van der Waals surface area contributed by atoms with Gasteiger partial charge in [-0.25, -0.2) is 15.0 Å². The molecule has 0 amide bonds. The van der Waals surface area contributed by atoms with Gasteiger partial charge < -0.3 is 0 Å². The molecule has 3 heterocycles. The predicted molar refractivity (Wildman–Crippen MR) is 249 cm³/mol. The number of rotatable bonds is 5. The van der Waals surface area contributed by atoms with Crippen molar-refractivity contribution in [3.8, 4) is 56.4 Å². The molecule has 1 aliphatic rings. The van der Waals surface area contributed by atoms with Crippen molar-refractivity contribution in [3.63, 3.8) is 0 Å². The van der Waals surface area contributed by atoms with Crippen LogP contribution in [0.1, 0.15) is 29.0 Å². The molecule has 0 N–H and O–H groups in total. The zero-order chi connectivity index (χ0) is 38.9. The molecule has 11 aromatic rings. The van der Waals surface area contributed by atoms with Crippen molar-refractivity contribution in [2.75, 3.05) is 0 Å². The van der Waals surface area contributed by atoms with Crippen LogP contribution in [0.15, 0.2) is 182 Å². The Kier molecular flexibility index (Phi) is 8.10. The maximum Gasteiger partial charge on any atom is 0.164 e. The molecular weight excluding hydrogens is 755 g/mol. The highest BCUT2D eigenvalue weighted by molar-refractivity contribution is 7.26. The van der Waals surface area contributed by atoms with Crippen LogP contribution in [0.4, 0.5) is 0 Å². The molecule has 12 rings (SSSR count). The van der Waals surface area contributed by atoms with Crippen LogP contribution in [0, 0.1) is 0 Å². The van der Waals surface area contributed by atoms with Crippen LogP contribution in [-0.4, -0.2) is 15.0 Å². The number of aromatic nitrogens is 3. The van der Waals surface area contributed by atoms with Crippen LogP contribution in [0.3, 0.4) is 0 Å². The smallest absolute Gasteiger partial charge is 0.164 e. The van der Waals surface area contributed by atoms with Crippen LogP contribution >= 0.6 is 22.7 Å². The number of benzene rings is 8. The Hall–Kier alpha value is -6.79. The predicted octanol–water partition coefficient (Wildman–Crippen LogP) is 15.0. The molecule has 0 bridgehead atoms. The van der Waals surface area contributed by atoms with Crippen molar-refractivity contribution in [2.45, 2.75) is 18.8 Å². The average molecular weight is 790 g/mol. The lowest BCUT2D eigenvalue weighted by molar-refractivity contribution is 0.728. The van der Waals surface area contributed by atoms with Gasteiger partial charge in [-0.3, -0.25) is 0 Å². The lowest BCUT2D eigenvalue weighted by atomic mass is 9.84. The van der Waals surface area contributed by atoms with E-state index in [1.165, 1.54) is 79.3 Å². The first-order valence-electron chi connectivity index (χ1n) is 20.2. The van der Waals surface area contributed by atoms with Gasteiger partial charge in [0.1, 0.15) is 0 Å². The first kappa shape index (κ1) is 34.3. The fourth-order valence-corrected chi connectivity index (χ4v) is 11.5. The number of fused-ring (bicyclic) bond motifs is 10. The SMILES string of the molecule is c1ccc(-c2nc(-c3ccccc3)nc(-c3cccc4sc5ccc(-c6ccc7c(c6)-c6ccc8sc9ccccc9c8c6CCC7c6ccccc6)cc5c34)n2)cc1. The average Bonchev–Trinajstić information content (AvgIpc) is 3.83. The van der Waals surface area contributed by atoms with Gasteiger partial charge in [0.2, 0.25) is 0 Å². The summed E-state index contributed by atoms with van der Waals surface area (Å²) in [5, 5.41) is 5.19. The van der Waals surface area contributed by atoms with Crippen LogP contribution in [0.25, 0.3) is 96.8 Å². The van der Waals surface area contributed by atoms with Crippen molar-refractivity contribution >= 4 is 63.0 Å². The van der Waals surface area contributed by atoms with E-state index in [1.807, 2.05) is 59.1 Å². The van der Waals surface area contributed by atoms with Gasteiger partial charge in [0.15, 0.2) is 17.5 Å². The molecule has 59 heavy (non-hydrogen) atoms. The highest BCUT2D eigenvalue weighted by Crippen LogP contribution is 2.48. The molecule has 0 saturated heterocycles. The Morgan fingerprint density at radius 1 is 0.390 bits per heavy atom. The van der Waals surface area contributed by atoms with Crippen LogP contribution < -0.4 is 0 Å². The van der Waals surface area contributed by atoms with E-state index in [9.17, 15) is 0 Å². The lowest BCUT2D eigenvalue weighted by Gasteiger charge is -2.19. The minimum atomic E-state index is 0.306. The van der Waals surface area contributed by atoms with Gasteiger partial charge in [-0.05, 0) is 88.2 Å². The Labute approximate surface area is 350 Å². The van der Waals surface area contributed by atoms with Gasteiger partial charge in [-0.2, -0.15) is 0 Å². The summed E-state index contributed by atoms with van der Waals surface area (Å²) in [6, 6.07) is 65.9. The Bertz CT molecular complexity index is 3330. The van der Waals surface area contributed by atoms with Gasteiger partial charge in [0.25, 0.3) is 0 Å². The van der Waals surface area contributed by atoms with Crippen LogP contribution in [0.2, 0.25) is 0 Å². The molecule has 0 aliphatic heterocycles. The summed E-state index contributed by atoms with van der Waals surface area (Å²) in [7, 11) is 0. The van der Waals surface area contributed by atoms with E-state index in [4.69, 9.17) is 15.0 Å². The third-order valence-electron chi connectivity index (χ3n) is 12.0. The molecule has 1 unspecified atom stereocenters. The first-order chi connectivity index (χ1) is 29.2. The highest BCUT2D eigenvalue weighted by atomic mass is 32.1. The van der Waals surface area contributed by atoms with E-state index in [0.717, 1.165) is 29.5 Å². The number of thiophene rings is 2. The molecule has 1 aliphatic carbocycles. The third-order valence-corrected chi connectivity index (χ3v) is 14.3. The Morgan fingerprint density at radius 3 is 1.75 bits per heavy atom. The molecule has 0 radical (unpaired) electrons. The van der Waals surface area contributed by atoms with Gasteiger partial charge in [0.05, 0.1) is 0 Å². The Morgan fingerprint density at radius 2 is 0.983 bits per heavy atom. The Balaban J connectivity index is 1.05. The maximum absolute atomic E-state index is 5.15. The number of hydrogen-bond donors (Lipinski definition) is 0. The molecule has 5 heteroatoms. The van der Waals surface area contributed by atoms with E-state index in [0.29, 0.717) is 23.4 Å². The number of nitrogens with zero attached hydrogens (tertiary/aromatic N) is 3. The summed E-state index contributed by atoms with van der Waals surface area (Å²) < 4.78 is 5.18. The van der Waals surface area contributed by atoms with E-state index in [2.05, 4.69) is 146 Å². The second-order valence-corrected chi connectivity index (χ2v) is 17.6. The zero-order valence-corrected chi connectivity index (χ0v) is 33.6. The van der Waals surface area contributed by atoms with Crippen molar-refractivity contribution in [3.05, 3.63) is 199 Å². The minimum absolute atomic E-state index is 0.306. The number of aryl methyl sites for hydroxylation is 1. The minimum Gasteiger partial charge on any atom is -0.208 e. The monoisotopic (exact) mass is 789 g/mol. The topological polar surface area (TPSA) is 38.7 Å². The molecule has 3 aromatic heterocycles. The molecule has 278 valence electrons. The molecule has 1 atom stereocenters. The van der Waals surface area contributed by atoms with E-state index >= 15 is 0 Å². The van der Waals surface area contributed by atoms with Crippen molar-refractivity contribution < 1.29 is 0 Å². The summed E-state index contributed by atoms with van der Waals surface area (Å²) >= 11 is 3.73. The van der Waals surface area contributed by atoms with E-state index in [-0.39, 0.29) is 0 Å². The van der Waals surface area contributed by atoms with Crippen LogP contribution in [0.5, 0.6) is 0 Å². The summed E-state index contributed by atoms with van der Waals surface area (Å²) in [5.41, 5.74) is 12.3. The van der Waals surface area contributed by atoms with Crippen molar-refractivity contribution in [1.82, 2.24) is 15.0 Å². The largest absolute Gasteiger partial charge is 0.208 e. The normalized spacial score (nSPS) is 13.8. The maximum atomic E-state index is 5.15. The third kappa shape index (κ3) is 5.80. The summed E-state index contributed by atoms with van der Waals surface area (Å²) in [6.45, 7) is 0. The van der Waals surface area contributed by atoms with Crippen molar-refractivity contribution in [2.24, 2.45) is 0 Å². The van der Waals surface area contributed by atoms with Crippen LogP contribution in [-0.2, 0) is 6.42 Å². The molecule has 0 fully saturated rings. The fraction of sp³-hybridized carbons (Fsp3) is 0.0556. The molecule has 8 aromatic carbocycles. The fourth-order valence-electron chi connectivity index (χ4n) is 9.27. The quantitative estimate of drug-likeness (QED) is 0.174. The van der Waals surface area contributed by atoms with Crippen molar-refractivity contribution in [1.29, 1.82) is 0 Å². The second-order valence-electron chi connectivity index (χ2n) is 15.4. The van der Waals surface area contributed by atoms with Gasteiger partial charge in [-0.15, -0.1) is 22.7 Å². The van der Waals surface area contributed by atoms with E-state index < -0.39 is 0 Å². The van der Waals surface area contributed by atoms with E-state index in [1.54, 1.807) is 0 Å². The second kappa shape index (κ2) is 13.9. The molecular formula is C54H35N3S2. The molecule has 0 spiro atoms. The molecule has 3 nitrogen and oxygen atoms in total. The van der Waals surface area contributed by atoms with Gasteiger partial charge in [-0.1, -0.05) is 146 Å². The number of hydrogen-bond acceptors (Lipinski definition) is 5.